The van der Waals surface area contributed by atoms with Gasteiger partial charge in [-0.15, -0.1) is 0 Å². The first kappa shape index (κ1) is 22.5. The van der Waals surface area contributed by atoms with Crippen LogP contribution in [0.5, 0.6) is 0 Å². The summed E-state index contributed by atoms with van der Waals surface area (Å²) in [4.78, 5) is 54.1. The highest BCUT2D eigenvalue weighted by Gasteiger charge is 2.15. The number of carbonyl (C=O) groups is 3. The average molecular weight is 456 g/mol. The Morgan fingerprint density at radius 3 is 2.22 bits per heavy atom. The van der Waals surface area contributed by atoms with Crippen molar-refractivity contribution in [2.24, 2.45) is 5.73 Å². The molecule has 1 aromatic heterocycles. The van der Waals surface area contributed by atoms with E-state index >= 15 is 0 Å². The molecule has 0 bridgehead atoms. The number of primary amides is 1. The summed E-state index contributed by atoms with van der Waals surface area (Å²) in [6.45, 7) is 0. The summed E-state index contributed by atoms with van der Waals surface area (Å²) in [5.41, 5.74) is 10.9. The Morgan fingerprint density at radius 2 is 1.62 bits per heavy atom. The standard InChI is InChI=1S/C20H17FN6O4S/c21-12-5-1-11(2-6-12)18(30)25-15-16(22)26-20(27-19(15)31)32-9-14(28)24-13-7-3-10(4-8-13)17(23)29/h1-8H,9H2,(H2,23,29)(H,24,28)(H,25,30)(H3,22,26,27,31). The zero-order valence-corrected chi connectivity index (χ0v) is 17.2. The molecule has 12 heteroatoms. The highest BCUT2D eigenvalue weighted by molar-refractivity contribution is 7.99. The maximum atomic E-state index is 13.0. The SMILES string of the molecule is NC(=O)c1ccc(NC(=O)CSc2nc(N)c(NC(=O)c3ccc(F)cc3)c(=O)[nH]2)cc1. The molecule has 0 spiro atoms. The van der Waals surface area contributed by atoms with E-state index in [-0.39, 0.29) is 28.0 Å². The van der Waals surface area contributed by atoms with Crippen molar-refractivity contribution >= 4 is 46.7 Å². The van der Waals surface area contributed by atoms with E-state index in [4.69, 9.17) is 11.5 Å². The number of carbonyl (C=O) groups excluding carboxylic acids is 3. The Kier molecular flexibility index (Phi) is 6.85. The summed E-state index contributed by atoms with van der Waals surface area (Å²) in [6, 6.07) is 10.7. The molecule has 0 aliphatic heterocycles. The molecule has 0 atom stereocenters. The van der Waals surface area contributed by atoms with E-state index in [9.17, 15) is 23.6 Å². The predicted octanol–water partition coefficient (Wildman–Crippen LogP) is 1.57. The molecule has 0 radical (unpaired) electrons. The van der Waals surface area contributed by atoms with E-state index in [0.717, 1.165) is 23.9 Å². The number of nitrogen functional groups attached to an aromatic ring is 1. The number of nitrogens with zero attached hydrogens (tertiary/aromatic N) is 1. The summed E-state index contributed by atoms with van der Waals surface area (Å²) in [7, 11) is 0. The van der Waals surface area contributed by atoms with Gasteiger partial charge in [0.2, 0.25) is 11.8 Å². The van der Waals surface area contributed by atoms with Crippen LogP contribution in [0, 0.1) is 5.82 Å². The zero-order chi connectivity index (χ0) is 23.3. The molecule has 1 heterocycles. The average Bonchev–Trinajstić information content (AvgIpc) is 2.75. The van der Waals surface area contributed by atoms with Crippen LogP contribution in [-0.4, -0.2) is 33.4 Å². The number of amides is 3. The topological polar surface area (TPSA) is 173 Å². The van der Waals surface area contributed by atoms with Crippen molar-refractivity contribution in [1.29, 1.82) is 0 Å². The zero-order valence-electron chi connectivity index (χ0n) is 16.3. The van der Waals surface area contributed by atoms with Crippen molar-refractivity contribution in [3.05, 3.63) is 75.8 Å². The van der Waals surface area contributed by atoms with Crippen LogP contribution in [-0.2, 0) is 4.79 Å². The molecule has 0 saturated carbocycles. The molecule has 7 N–H and O–H groups in total. The lowest BCUT2D eigenvalue weighted by Gasteiger charge is -2.09. The van der Waals surface area contributed by atoms with E-state index in [1.165, 1.54) is 36.4 Å². The number of hydrogen-bond donors (Lipinski definition) is 5. The highest BCUT2D eigenvalue weighted by atomic mass is 32.2. The molecule has 32 heavy (non-hydrogen) atoms. The van der Waals surface area contributed by atoms with Crippen LogP contribution >= 0.6 is 11.8 Å². The van der Waals surface area contributed by atoms with Gasteiger partial charge >= 0.3 is 0 Å². The second-order valence-electron chi connectivity index (χ2n) is 6.37. The van der Waals surface area contributed by atoms with Crippen LogP contribution in [0.4, 0.5) is 21.6 Å². The fourth-order valence-electron chi connectivity index (χ4n) is 2.49. The monoisotopic (exact) mass is 456 g/mol. The maximum Gasteiger partial charge on any atom is 0.277 e. The molecule has 2 aromatic carbocycles. The normalized spacial score (nSPS) is 10.4. The summed E-state index contributed by atoms with van der Waals surface area (Å²) in [5, 5.41) is 5.03. The Labute approximate surface area is 184 Å². The van der Waals surface area contributed by atoms with E-state index in [0.29, 0.717) is 11.3 Å². The number of halogens is 1. The van der Waals surface area contributed by atoms with Crippen molar-refractivity contribution < 1.29 is 18.8 Å². The molecule has 164 valence electrons. The quantitative estimate of drug-likeness (QED) is 0.265. The molecular formula is C20H17FN6O4S. The summed E-state index contributed by atoms with van der Waals surface area (Å²) >= 11 is 0.923. The van der Waals surface area contributed by atoms with E-state index in [2.05, 4.69) is 20.6 Å². The molecular weight excluding hydrogens is 439 g/mol. The van der Waals surface area contributed by atoms with E-state index in [1.807, 2.05) is 0 Å². The summed E-state index contributed by atoms with van der Waals surface area (Å²) in [5.74, 6) is -2.48. The maximum absolute atomic E-state index is 13.0. The van der Waals surface area contributed by atoms with Crippen LogP contribution in [0.2, 0.25) is 0 Å². The van der Waals surface area contributed by atoms with Gasteiger partial charge in [-0.05, 0) is 48.5 Å². The Hall–Kier alpha value is -4.19. The summed E-state index contributed by atoms with van der Waals surface area (Å²) in [6.07, 6.45) is 0. The number of aromatic nitrogens is 2. The van der Waals surface area contributed by atoms with E-state index in [1.54, 1.807) is 0 Å². The van der Waals surface area contributed by atoms with Crippen molar-refractivity contribution in [2.45, 2.75) is 5.16 Å². The number of nitrogens with two attached hydrogens (primary N) is 2. The lowest BCUT2D eigenvalue weighted by atomic mass is 10.2. The van der Waals surface area contributed by atoms with Gasteiger partial charge in [-0.1, -0.05) is 11.8 Å². The first-order chi connectivity index (χ1) is 15.2. The second kappa shape index (κ2) is 9.75. The lowest BCUT2D eigenvalue weighted by Crippen LogP contribution is -2.23. The smallest absolute Gasteiger partial charge is 0.277 e. The van der Waals surface area contributed by atoms with Gasteiger partial charge in [0, 0.05) is 16.8 Å². The lowest BCUT2D eigenvalue weighted by molar-refractivity contribution is -0.113. The number of thioether (sulfide) groups is 1. The van der Waals surface area contributed by atoms with Gasteiger partial charge in [-0.2, -0.15) is 0 Å². The number of rotatable bonds is 7. The molecule has 0 aliphatic carbocycles. The largest absolute Gasteiger partial charge is 0.382 e. The highest BCUT2D eigenvalue weighted by Crippen LogP contribution is 2.18. The Bertz CT molecular complexity index is 1230. The third kappa shape index (κ3) is 5.70. The molecule has 0 fully saturated rings. The van der Waals surface area contributed by atoms with E-state index < -0.39 is 29.1 Å². The number of aromatic amines is 1. The van der Waals surface area contributed by atoms with Gasteiger partial charge in [-0.25, -0.2) is 9.37 Å². The fraction of sp³-hybridized carbons (Fsp3) is 0.0500. The predicted molar refractivity (Wildman–Crippen MR) is 118 cm³/mol. The second-order valence-corrected chi connectivity index (χ2v) is 7.33. The molecule has 3 aromatic rings. The molecule has 3 amide bonds. The minimum absolute atomic E-state index is 0.0755. The Balaban J connectivity index is 1.61. The minimum Gasteiger partial charge on any atom is -0.382 e. The van der Waals surface area contributed by atoms with Crippen molar-refractivity contribution in [3.8, 4) is 0 Å². The van der Waals surface area contributed by atoms with Crippen LogP contribution in [0.1, 0.15) is 20.7 Å². The fourth-order valence-corrected chi connectivity index (χ4v) is 3.16. The molecule has 3 rings (SSSR count). The van der Waals surface area contributed by atoms with Gasteiger partial charge in [-0.3, -0.25) is 24.2 Å². The third-order valence-corrected chi connectivity index (χ3v) is 4.94. The van der Waals surface area contributed by atoms with Crippen LogP contribution < -0.4 is 27.7 Å². The third-order valence-electron chi connectivity index (χ3n) is 4.06. The van der Waals surface area contributed by atoms with Gasteiger partial charge in [0.05, 0.1) is 5.75 Å². The van der Waals surface area contributed by atoms with Gasteiger partial charge in [0.1, 0.15) is 11.5 Å². The van der Waals surface area contributed by atoms with Gasteiger partial charge in [0.15, 0.2) is 11.0 Å². The molecule has 0 aliphatic rings. The molecule has 0 saturated heterocycles. The van der Waals surface area contributed by atoms with Gasteiger partial charge < -0.3 is 22.1 Å². The Morgan fingerprint density at radius 1 is 1.00 bits per heavy atom. The van der Waals surface area contributed by atoms with Crippen molar-refractivity contribution in [3.63, 3.8) is 0 Å². The molecule has 10 nitrogen and oxygen atoms in total. The first-order valence-corrected chi connectivity index (χ1v) is 10.0. The minimum atomic E-state index is -0.710. The van der Waals surface area contributed by atoms with Crippen LogP contribution in [0.15, 0.2) is 58.5 Å². The van der Waals surface area contributed by atoms with Gasteiger partial charge in [0.25, 0.3) is 11.5 Å². The number of anilines is 3. The number of benzene rings is 2. The van der Waals surface area contributed by atoms with Crippen molar-refractivity contribution in [1.82, 2.24) is 9.97 Å². The number of nitrogens with one attached hydrogen (secondary N) is 3. The number of hydrogen-bond acceptors (Lipinski definition) is 7. The summed E-state index contributed by atoms with van der Waals surface area (Å²) < 4.78 is 13.0. The van der Waals surface area contributed by atoms with Crippen LogP contribution in [0.25, 0.3) is 0 Å². The van der Waals surface area contributed by atoms with Crippen LogP contribution in [0.3, 0.4) is 0 Å². The first-order valence-electron chi connectivity index (χ1n) is 9.02. The number of H-pyrrole nitrogens is 1. The van der Waals surface area contributed by atoms with Crippen molar-refractivity contribution in [2.75, 3.05) is 22.1 Å². The molecule has 0 unspecified atom stereocenters.